The van der Waals surface area contributed by atoms with Crippen LogP contribution in [0.1, 0.15) is 13.0 Å². The van der Waals surface area contributed by atoms with E-state index in [0.29, 0.717) is 22.8 Å². The molecule has 148 valence electrons. The van der Waals surface area contributed by atoms with Gasteiger partial charge in [-0.2, -0.15) is 5.10 Å². The van der Waals surface area contributed by atoms with E-state index in [2.05, 4.69) is 10.4 Å². The fourth-order valence-corrected chi connectivity index (χ4v) is 2.84. The highest BCUT2D eigenvalue weighted by Crippen LogP contribution is 2.35. The van der Waals surface area contributed by atoms with Crippen molar-refractivity contribution in [3.05, 3.63) is 70.5 Å². The average molecular weight is 399 g/mol. The van der Waals surface area contributed by atoms with Crippen molar-refractivity contribution >= 4 is 11.6 Å². The molecule has 1 aromatic heterocycles. The van der Waals surface area contributed by atoms with Crippen molar-refractivity contribution in [3.63, 3.8) is 0 Å². The lowest BCUT2D eigenvalue weighted by molar-refractivity contribution is -0.119. The number of nitrogens with one attached hydrogen (secondary N) is 1. The number of hydrogen-bond donors (Lipinski definition) is 1. The van der Waals surface area contributed by atoms with Gasteiger partial charge in [0.1, 0.15) is 6.04 Å². The third kappa shape index (κ3) is 3.66. The Morgan fingerprint density at radius 1 is 1.07 bits per heavy atom. The molecule has 7 nitrogen and oxygen atoms in total. The molecule has 29 heavy (non-hydrogen) atoms. The number of ether oxygens (including phenoxy) is 2. The van der Waals surface area contributed by atoms with Gasteiger partial charge < -0.3 is 14.8 Å². The molecule has 0 fully saturated rings. The number of rotatable bonds is 4. The molecule has 4 rings (SSSR count). The summed E-state index contributed by atoms with van der Waals surface area (Å²) in [5.74, 6) is -1.54. The Labute approximate surface area is 163 Å². The van der Waals surface area contributed by atoms with Gasteiger partial charge in [-0.15, -0.1) is 0 Å². The first kappa shape index (κ1) is 18.6. The van der Waals surface area contributed by atoms with E-state index in [9.17, 15) is 18.4 Å². The summed E-state index contributed by atoms with van der Waals surface area (Å²) >= 11 is 0. The lowest BCUT2D eigenvalue weighted by Crippen LogP contribution is -2.33. The second-order valence-electron chi connectivity index (χ2n) is 6.36. The summed E-state index contributed by atoms with van der Waals surface area (Å²) in [6, 6.07) is 10.0. The third-order valence-corrected chi connectivity index (χ3v) is 4.43. The van der Waals surface area contributed by atoms with Crippen LogP contribution in [-0.4, -0.2) is 22.5 Å². The van der Waals surface area contributed by atoms with E-state index in [1.54, 1.807) is 18.2 Å². The van der Waals surface area contributed by atoms with Crippen LogP contribution >= 0.6 is 0 Å². The van der Waals surface area contributed by atoms with Crippen LogP contribution < -0.4 is 20.3 Å². The first-order valence-electron chi connectivity index (χ1n) is 8.68. The maximum absolute atomic E-state index is 13.3. The standard InChI is InChI=1S/C20H15F2N3O4/c1-11(20(27)23-13-3-4-14(21)15(22)9-13)25-19(26)7-5-16(24-25)12-2-6-17-18(8-12)29-10-28-17/h2-9,11H,10H2,1H3,(H,23,27). The molecule has 0 aliphatic carbocycles. The molecule has 2 aromatic carbocycles. The largest absolute Gasteiger partial charge is 0.454 e. The number of nitrogens with zero attached hydrogens (tertiary/aromatic N) is 2. The van der Waals surface area contributed by atoms with Gasteiger partial charge in [-0.05, 0) is 43.3 Å². The van der Waals surface area contributed by atoms with Gasteiger partial charge in [-0.1, -0.05) is 0 Å². The lowest BCUT2D eigenvalue weighted by atomic mass is 10.1. The van der Waals surface area contributed by atoms with E-state index in [4.69, 9.17) is 9.47 Å². The van der Waals surface area contributed by atoms with E-state index in [0.717, 1.165) is 16.8 Å². The summed E-state index contributed by atoms with van der Waals surface area (Å²) in [4.78, 5) is 24.8. The minimum absolute atomic E-state index is 0.0701. The van der Waals surface area contributed by atoms with Crippen molar-refractivity contribution in [1.29, 1.82) is 0 Å². The number of aromatic nitrogens is 2. The number of fused-ring (bicyclic) bond motifs is 1. The van der Waals surface area contributed by atoms with Gasteiger partial charge in [0.2, 0.25) is 12.7 Å². The number of hydrogen-bond acceptors (Lipinski definition) is 5. The zero-order valence-electron chi connectivity index (χ0n) is 15.2. The molecule has 2 heterocycles. The smallest absolute Gasteiger partial charge is 0.267 e. The first-order valence-corrected chi connectivity index (χ1v) is 8.68. The Balaban J connectivity index is 1.60. The highest BCUT2D eigenvalue weighted by Gasteiger charge is 2.20. The Morgan fingerprint density at radius 3 is 2.66 bits per heavy atom. The van der Waals surface area contributed by atoms with Crippen LogP contribution in [0, 0.1) is 11.6 Å². The van der Waals surface area contributed by atoms with Gasteiger partial charge in [0.05, 0.1) is 5.69 Å². The molecule has 9 heteroatoms. The van der Waals surface area contributed by atoms with E-state index in [-0.39, 0.29) is 12.5 Å². The maximum atomic E-state index is 13.3. The Kier molecular flexibility index (Phi) is 4.71. The van der Waals surface area contributed by atoms with Gasteiger partial charge in [0.15, 0.2) is 23.1 Å². The van der Waals surface area contributed by atoms with Crippen molar-refractivity contribution in [2.24, 2.45) is 0 Å². The van der Waals surface area contributed by atoms with E-state index >= 15 is 0 Å². The van der Waals surface area contributed by atoms with Crippen LogP contribution in [0.5, 0.6) is 11.5 Å². The quantitative estimate of drug-likeness (QED) is 0.729. The second kappa shape index (κ2) is 7.34. The molecule has 1 amide bonds. The summed E-state index contributed by atoms with van der Waals surface area (Å²) in [7, 11) is 0. The zero-order valence-corrected chi connectivity index (χ0v) is 15.2. The van der Waals surface area contributed by atoms with E-state index in [1.807, 2.05) is 0 Å². The minimum Gasteiger partial charge on any atom is -0.454 e. The maximum Gasteiger partial charge on any atom is 0.267 e. The summed E-state index contributed by atoms with van der Waals surface area (Å²) in [6.07, 6.45) is 0. The highest BCUT2D eigenvalue weighted by molar-refractivity contribution is 5.93. The molecule has 0 bridgehead atoms. The highest BCUT2D eigenvalue weighted by atomic mass is 19.2. The molecule has 1 unspecified atom stereocenters. The average Bonchev–Trinajstić information content (AvgIpc) is 3.18. The molecule has 1 aliphatic heterocycles. The van der Waals surface area contributed by atoms with E-state index < -0.39 is 29.1 Å². The fourth-order valence-electron chi connectivity index (χ4n) is 2.84. The molecule has 0 radical (unpaired) electrons. The first-order chi connectivity index (χ1) is 13.9. The number of benzene rings is 2. The van der Waals surface area contributed by atoms with Crippen LogP contribution in [0.3, 0.4) is 0 Å². The molecule has 1 N–H and O–H groups in total. The Hall–Kier alpha value is -3.75. The number of carbonyl (C=O) groups excluding carboxylic acids is 1. The Morgan fingerprint density at radius 2 is 1.86 bits per heavy atom. The number of anilines is 1. The van der Waals surface area contributed by atoms with Crippen LogP contribution in [0.15, 0.2) is 53.3 Å². The van der Waals surface area contributed by atoms with Crippen molar-refractivity contribution in [3.8, 4) is 22.8 Å². The van der Waals surface area contributed by atoms with Crippen LogP contribution in [0.25, 0.3) is 11.3 Å². The van der Waals surface area contributed by atoms with Gasteiger partial charge >= 0.3 is 0 Å². The molecule has 1 atom stereocenters. The van der Waals surface area contributed by atoms with Gasteiger partial charge in [-0.25, -0.2) is 13.5 Å². The normalized spacial score (nSPS) is 13.2. The number of amides is 1. The van der Waals surface area contributed by atoms with Crippen LogP contribution in [0.4, 0.5) is 14.5 Å². The van der Waals surface area contributed by atoms with Crippen molar-refractivity contribution in [2.45, 2.75) is 13.0 Å². The molecule has 0 saturated carbocycles. The number of carbonyl (C=O) groups is 1. The third-order valence-electron chi connectivity index (χ3n) is 4.43. The van der Waals surface area contributed by atoms with Gasteiger partial charge in [0.25, 0.3) is 5.56 Å². The van der Waals surface area contributed by atoms with Gasteiger partial charge in [0, 0.05) is 23.4 Å². The molecule has 1 aliphatic rings. The Bertz CT molecular complexity index is 1160. The predicted octanol–water partition coefficient (Wildman–Crippen LogP) is 3.12. The molecular formula is C20H15F2N3O4. The second-order valence-corrected chi connectivity index (χ2v) is 6.36. The van der Waals surface area contributed by atoms with E-state index in [1.165, 1.54) is 25.1 Å². The SMILES string of the molecule is CC(C(=O)Nc1ccc(F)c(F)c1)n1nc(-c2ccc3c(c2)OCO3)ccc1=O. The topological polar surface area (TPSA) is 82.5 Å². The molecule has 0 saturated heterocycles. The molecular weight excluding hydrogens is 384 g/mol. The summed E-state index contributed by atoms with van der Waals surface area (Å²) < 4.78 is 38.0. The fraction of sp³-hybridized carbons (Fsp3) is 0.150. The predicted molar refractivity (Wildman–Crippen MR) is 99.8 cm³/mol. The van der Waals surface area contributed by atoms with Crippen molar-refractivity contribution in [1.82, 2.24) is 9.78 Å². The zero-order chi connectivity index (χ0) is 20.5. The molecule has 0 spiro atoms. The van der Waals surface area contributed by atoms with Crippen LogP contribution in [-0.2, 0) is 4.79 Å². The minimum atomic E-state index is -1.09. The lowest BCUT2D eigenvalue weighted by Gasteiger charge is -2.15. The van der Waals surface area contributed by atoms with Crippen LogP contribution in [0.2, 0.25) is 0 Å². The summed E-state index contributed by atoms with van der Waals surface area (Å²) in [5.41, 5.74) is 0.717. The van der Waals surface area contributed by atoms with Gasteiger partial charge in [-0.3, -0.25) is 9.59 Å². The monoisotopic (exact) mass is 399 g/mol. The molecule has 3 aromatic rings. The van der Waals surface area contributed by atoms with Crippen molar-refractivity contribution < 1.29 is 23.0 Å². The summed E-state index contributed by atoms with van der Waals surface area (Å²) in [5, 5.41) is 6.72. The summed E-state index contributed by atoms with van der Waals surface area (Å²) in [6.45, 7) is 1.61. The number of halogens is 2. The van der Waals surface area contributed by atoms with Crippen molar-refractivity contribution in [2.75, 3.05) is 12.1 Å².